The Morgan fingerprint density at radius 3 is 2.55 bits per heavy atom. The first-order chi connectivity index (χ1) is 18.5. The van der Waals surface area contributed by atoms with Gasteiger partial charge < -0.3 is 15.0 Å². The van der Waals surface area contributed by atoms with E-state index >= 15 is 0 Å². The lowest BCUT2D eigenvalue weighted by molar-refractivity contribution is -0.130. The Morgan fingerprint density at radius 2 is 1.84 bits per heavy atom. The summed E-state index contributed by atoms with van der Waals surface area (Å²) in [5.41, 5.74) is 4.93. The zero-order valence-corrected chi connectivity index (χ0v) is 22.8. The van der Waals surface area contributed by atoms with Gasteiger partial charge in [-0.2, -0.15) is 0 Å². The maximum absolute atomic E-state index is 12.8. The quantitative estimate of drug-likeness (QED) is 0.252. The molecule has 0 radical (unpaired) electrons. The van der Waals surface area contributed by atoms with E-state index in [4.69, 9.17) is 9.94 Å². The van der Waals surface area contributed by atoms with Crippen molar-refractivity contribution in [2.24, 2.45) is 17.8 Å². The number of benzene rings is 2. The highest BCUT2D eigenvalue weighted by Crippen LogP contribution is 2.39. The number of carbonyl (C=O) groups is 2. The predicted molar refractivity (Wildman–Crippen MR) is 149 cm³/mol. The second-order valence-corrected chi connectivity index (χ2v) is 11.1. The highest BCUT2D eigenvalue weighted by Gasteiger charge is 2.27. The number of urea groups is 1. The van der Waals surface area contributed by atoms with Gasteiger partial charge in [0.1, 0.15) is 12.4 Å². The zero-order valence-electron chi connectivity index (χ0n) is 22.8. The Morgan fingerprint density at radius 1 is 1.08 bits per heavy atom. The average Bonchev–Trinajstić information content (AvgIpc) is 3.16. The van der Waals surface area contributed by atoms with E-state index in [1.54, 1.807) is 5.48 Å². The molecule has 4 rings (SSSR count). The van der Waals surface area contributed by atoms with E-state index in [0.29, 0.717) is 49.8 Å². The van der Waals surface area contributed by atoms with Crippen molar-refractivity contribution in [2.45, 2.75) is 77.7 Å². The summed E-state index contributed by atoms with van der Waals surface area (Å²) in [7, 11) is 0. The van der Waals surface area contributed by atoms with Crippen LogP contribution < -0.4 is 15.5 Å². The largest absolute Gasteiger partial charge is 0.491 e. The number of carbonyl (C=O) groups excluding carboxylic acids is 2. The lowest BCUT2D eigenvalue weighted by Crippen LogP contribution is -2.36. The van der Waals surface area contributed by atoms with E-state index < -0.39 is 0 Å². The number of rotatable bonds is 9. The van der Waals surface area contributed by atoms with Crippen LogP contribution in [0, 0.1) is 17.8 Å². The monoisotopic (exact) mass is 521 g/mol. The summed E-state index contributed by atoms with van der Waals surface area (Å²) in [6.45, 7) is 6.20. The third-order valence-electron chi connectivity index (χ3n) is 8.61. The molecule has 1 aliphatic heterocycles. The van der Waals surface area contributed by atoms with Crippen molar-refractivity contribution in [3.05, 3.63) is 59.7 Å². The fourth-order valence-corrected chi connectivity index (χ4v) is 6.11. The van der Waals surface area contributed by atoms with Gasteiger partial charge in [-0.15, -0.1) is 0 Å². The first kappa shape index (κ1) is 28.0. The first-order valence-corrected chi connectivity index (χ1v) is 14.3. The molecule has 3 N–H and O–H groups in total. The molecule has 0 aromatic heterocycles. The fourth-order valence-electron chi connectivity index (χ4n) is 6.11. The molecule has 206 valence electrons. The summed E-state index contributed by atoms with van der Waals surface area (Å²) in [5, 5.41) is 11.8. The number of amides is 3. The molecule has 0 bridgehead atoms. The summed E-state index contributed by atoms with van der Waals surface area (Å²) < 4.78 is 6.11. The molecule has 7 heteroatoms. The Balaban J connectivity index is 1.30. The minimum atomic E-state index is -0.264. The van der Waals surface area contributed by atoms with Crippen LogP contribution >= 0.6 is 0 Å². The number of fused-ring (bicyclic) bond motifs is 1. The van der Waals surface area contributed by atoms with Crippen molar-refractivity contribution in [1.82, 2.24) is 10.4 Å². The van der Waals surface area contributed by atoms with E-state index in [2.05, 4.69) is 37.4 Å². The summed E-state index contributed by atoms with van der Waals surface area (Å²) in [6.07, 6.45) is 8.34. The second-order valence-electron chi connectivity index (χ2n) is 11.1. The fraction of sp³-hybridized carbons (Fsp3) is 0.548. The number of hydrogen-bond donors (Lipinski definition) is 3. The molecule has 3 amide bonds. The van der Waals surface area contributed by atoms with Gasteiger partial charge in [-0.25, -0.2) is 10.3 Å². The van der Waals surface area contributed by atoms with Crippen molar-refractivity contribution in [3.8, 4) is 5.75 Å². The van der Waals surface area contributed by atoms with Crippen LogP contribution in [0.2, 0.25) is 0 Å². The number of anilines is 1. The Bertz CT molecular complexity index is 1050. The van der Waals surface area contributed by atoms with E-state index in [-0.39, 0.29) is 11.9 Å². The molecule has 2 aliphatic rings. The van der Waals surface area contributed by atoms with Crippen molar-refractivity contribution >= 4 is 17.6 Å². The number of nitrogens with one attached hydrogen (secondary N) is 2. The lowest BCUT2D eigenvalue weighted by atomic mass is 9.73. The highest BCUT2D eigenvalue weighted by molar-refractivity contribution is 5.89. The van der Waals surface area contributed by atoms with Gasteiger partial charge in [0.05, 0.1) is 13.1 Å². The van der Waals surface area contributed by atoms with Crippen molar-refractivity contribution < 1.29 is 19.5 Å². The average molecular weight is 522 g/mol. The number of hydrogen-bond acceptors (Lipinski definition) is 4. The van der Waals surface area contributed by atoms with E-state index in [1.165, 1.54) is 24.8 Å². The maximum Gasteiger partial charge on any atom is 0.322 e. The van der Waals surface area contributed by atoms with Gasteiger partial charge in [0, 0.05) is 17.7 Å². The summed E-state index contributed by atoms with van der Waals surface area (Å²) in [4.78, 5) is 26.1. The van der Waals surface area contributed by atoms with E-state index in [9.17, 15) is 9.59 Å². The lowest BCUT2D eigenvalue weighted by Gasteiger charge is -2.32. The number of hydroxylamine groups is 1. The molecule has 2 atom stereocenters. The molecule has 1 saturated carbocycles. The third-order valence-corrected chi connectivity index (χ3v) is 8.61. The first-order valence-electron chi connectivity index (χ1n) is 14.3. The van der Waals surface area contributed by atoms with Gasteiger partial charge in [-0.1, -0.05) is 44.2 Å². The highest BCUT2D eigenvalue weighted by atomic mass is 16.5. The van der Waals surface area contributed by atoms with Gasteiger partial charge in [0.25, 0.3) is 0 Å². The summed E-state index contributed by atoms with van der Waals surface area (Å²) in [6, 6.07) is 16.0. The molecule has 1 aliphatic carbocycles. The normalized spacial score (nSPS) is 20.9. The predicted octanol–water partition coefficient (Wildman–Crippen LogP) is 6.72. The van der Waals surface area contributed by atoms with Crippen LogP contribution in [-0.4, -0.2) is 35.2 Å². The Labute approximate surface area is 226 Å². The van der Waals surface area contributed by atoms with Crippen molar-refractivity contribution in [2.75, 3.05) is 18.5 Å². The SMILES string of the molecule is CCC(CCC(C)C1CCC(CC(=O)NO)CC1)c1ccc2c(c1)OCCN(C(=O)Nc1ccccc1)C2. The second kappa shape index (κ2) is 13.7. The minimum absolute atomic E-state index is 0.108. The molecular weight excluding hydrogens is 478 g/mol. The summed E-state index contributed by atoms with van der Waals surface area (Å²) >= 11 is 0. The van der Waals surface area contributed by atoms with Crippen LogP contribution in [0.1, 0.15) is 82.3 Å². The third kappa shape index (κ3) is 7.50. The Kier molecular flexibility index (Phi) is 10.0. The number of ether oxygens (including phenoxy) is 1. The maximum atomic E-state index is 12.8. The van der Waals surface area contributed by atoms with Gasteiger partial charge in [-0.3, -0.25) is 10.0 Å². The topological polar surface area (TPSA) is 90.9 Å². The zero-order chi connectivity index (χ0) is 26.9. The van der Waals surface area contributed by atoms with Gasteiger partial charge >= 0.3 is 6.03 Å². The molecule has 2 unspecified atom stereocenters. The molecule has 1 fully saturated rings. The van der Waals surface area contributed by atoms with Crippen LogP contribution in [-0.2, 0) is 11.3 Å². The number of para-hydroxylation sites is 1. The molecule has 1 heterocycles. The van der Waals surface area contributed by atoms with Gasteiger partial charge in [-0.05, 0) is 92.4 Å². The van der Waals surface area contributed by atoms with E-state index in [0.717, 1.165) is 42.7 Å². The van der Waals surface area contributed by atoms with Crippen LogP contribution in [0.3, 0.4) is 0 Å². The number of nitrogens with zero attached hydrogens (tertiary/aromatic N) is 1. The minimum Gasteiger partial charge on any atom is -0.491 e. The van der Waals surface area contributed by atoms with Crippen LogP contribution in [0.15, 0.2) is 48.5 Å². The van der Waals surface area contributed by atoms with Crippen molar-refractivity contribution in [1.29, 1.82) is 0 Å². The van der Waals surface area contributed by atoms with Crippen LogP contribution in [0.5, 0.6) is 5.75 Å². The van der Waals surface area contributed by atoms with Crippen LogP contribution in [0.25, 0.3) is 0 Å². The molecule has 38 heavy (non-hydrogen) atoms. The molecule has 2 aromatic carbocycles. The Hall–Kier alpha value is -3.06. The molecule has 7 nitrogen and oxygen atoms in total. The molecule has 0 spiro atoms. The molecule has 0 saturated heterocycles. The van der Waals surface area contributed by atoms with Crippen LogP contribution in [0.4, 0.5) is 10.5 Å². The van der Waals surface area contributed by atoms with E-state index in [1.807, 2.05) is 35.2 Å². The van der Waals surface area contributed by atoms with Gasteiger partial charge in [0.2, 0.25) is 5.91 Å². The summed E-state index contributed by atoms with van der Waals surface area (Å²) in [5.74, 6) is 2.88. The van der Waals surface area contributed by atoms with Gasteiger partial charge in [0.15, 0.2) is 0 Å². The smallest absolute Gasteiger partial charge is 0.322 e. The van der Waals surface area contributed by atoms with Crippen molar-refractivity contribution in [3.63, 3.8) is 0 Å². The molecule has 2 aromatic rings. The standard InChI is InChI=1S/C31H43N3O4/c1-3-24(12-9-22(2)25-13-10-23(11-14-25)19-30(35)33-37)26-15-16-27-21-34(17-18-38-29(27)20-26)31(36)32-28-7-5-4-6-8-28/h4-8,15-16,20,22-25,37H,3,9-14,17-19,21H2,1-2H3,(H,32,36)(H,33,35). The molecular formula is C31H43N3O4.